The zero-order valence-corrected chi connectivity index (χ0v) is 17.1. The average Bonchev–Trinajstić information content (AvgIpc) is 2.96. The highest BCUT2D eigenvalue weighted by Gasteiger charge is 2.33. The van der Waals surface area contributed by atoms with Crippen molar-refractivity contribution in [1.29, 1.82) is 0 Å². The summed E-state index contributed by atoms with van der Waals surface area (Å²) in [7, 11) is 0. The van der Waals surface area contributed by atoms with Crippen LogP contribution >= 0.6 is 0 Å². The first-order chi connectivity index (χ1) is 11.7. The first-order valence-corrected chi connectivity index (χ1v) is 10.1. The van der Waals surface area contributed by atoms with Crippen molar-refractivity contribution in [2.45, 2.75) is 97.7 Å². The molecule has 2 aliphatic rings. The van der Waals surface area contributed by atoms with Gasteiger partial charge < -0.3 is 9.80 Å². The summed E-state index contributed by atoms with van der Waals surface area (Å²) in [5.74, 6) is 0.0452. The van der Waals surface area contributed by atoms with Gasteiger partial charge in [-0.1, -0.05) is 26.2 Å². The van der Waals surface area contributed by atoms with Crippen molar-refractivity contribution in [2.24, 2.45) is 0 Å². The van der Waals surface area contributed by atoms with Crippen LogP contribution in [0.15, 0.2) is 11.9 Å². The molecule has 2 aliphatic heterocycles. The van der Waals surface area contributed by atoms with Gasteiger partial charge in [-0.2, -0.15) is 0 Å². The Morgan fingerprint density at radius 3 is 2.40 bits per heavy atom. The van der Waals surface area contributed by atoms with E-state index in [1.165, 1.54) is 19.3 Å². The lowest BCUT2D eigenvalue weighted by molar-refractivity contribution is -0.126. The minimum atomic E-state index is 0.0245. The van der Waals surface area contributed by atoms with Crippen molar-refractivity contribution in [2.75, 3.05) is 13.2 Å². The number of carbonyl (C=O) groups is 1. The highest BCUT2D eigenvalue weighted by atomic mass is 16.2. The molecule has 1 fully saturated rings. The Balaban J connectivity index is 2.08. The van der Waals surface area contributed by atoms with Crippen LogP contribution in [0.3, 0.4) is 0 Å². The van der Waals surface area contributed by atoms with Gasteiger partial charge in [0.25, 0.3) is 5.91 Å². The van der Waals surface area contributed by atoms with E-state index < -0.39 is 0 Å². The highest BCUT2D eigenvalue weighted by Crippen LogP contribution is 2.26. The Labute approximate surface area is 154 Å². The maximum absolute atomic E-state index is 13.0. The third-order valence-corrected chi connectivity index (χ3v) is 5.49. The molecule has 25 heavy (non-hydrogen) atoms. The van der Waals surface area contributed by atoms with Crippen molar-refractivity contribution in [3.63, 3.8) is 0 Å². The summed E-state index contributed by atoms with van der Waals surface area (Å²) in [5, 5.41) is 2.16. The lowest BCUT2D eigenvalue weighted by atomic mass is 10.00. The van der Waals surface area contributed by atoms with Crippen LogP contribution in [-0.4, -0.2) is 51.6 Å². The molecule has 0 aromatic carbocycles. The van der Waals surface area contributed by atoms with Crippen LogP contribution in [0.25, 0.3) is 0 Å². The van der Waals surface area contributed by atoms with Crippen molar-refractivity contribution in [3.05, 3.63) is 11.9 Å². The number of nitrogens with one attached hydrogen (secondary N) is 1. The molecule has 1 saturated heterocycles. The van der Waals surface area contributed by atoms with Crippen LogP contribution in [0.1, 0.15) is 80.1 Å². The van der Waals surface area contributed by atoms with Gasteiger partial charge in [0, 0.05) is 30.4 Å². The van der Waals surface area contributed by atoms with Gasteiger partial charge in [-0.15, -0.1) is 0 Å². The fraction of sp³-hybridized carbons (Fsp3) is 0.850. The third kappa shape index (κ3) is 5.13. The van der Waals surface area contributed by atoms with Crippen molar-refractivity contribution in [3.8, 4) is 0 Å². The number of hydrazine groups is 1. The molecule has 0 aromatic rings. The van der Waals surface area contributed by atoms with Crippen LogP contribution in [0.4, 0.5) is 0 Å². The van der Waals surface area contributed by atoms with Crippen LogP contribution in [0, 0.1) is 0 Å². The van der Waals surface area contributed by atoms with E-state index in [0.29, 0.717) is 12.1 Å². The monoisotopic (exact) mass is 350 g/mol. The summed E-state index contributed by atoms with van der Waals surface area (Å²) < 4.78 is 0. The molecule has 144 valence electrons. The molecular weight excluding hydrogens is 312 g/mol. The zero-order chi connectivity index (χ0) is 18.6. The summed E-state index contributed by atoms with van der Waals surface area (Å²) in [6.45, 7) is 15.0. The second-order valence-electron chi connectivity index (χ2n) is 8.74. The number of unbranched alkanes of at least 4 members (excludes halogenated alkanes) is 2. The lowest BCUT2D eigenvalue weighted by Crippen LogP contribution is -2.55. The lowest BCUT2D eigenvalue weighted by Gasteiger charge is -2.39. The van der Waals surface area contributed by atoms with E-state index in [-0.39, 0.29) is 11.4 Å². The van der Waals surface area contributed by atoms with Gasteiger partial charge in [-0.05, 0) is 53.9 Å². The number of hydrogen-bond acceptors (Lipinski definition) is 4. The summed E-state index contributed by atoms with van der Waals surface area (Å²) in [6.07, 6.45) is 9.15. The quantitative estimate of drug-likeness (QED) is 0.742. The molecule has 2 atom stereocenters. The largest absolute Gasteiger partial charge is 0.353 e. The highest BCUT2D eigenvalue weighted by molar-refractivity contribution is 5.92. The molecule has 0 radical (unpaired) electrons. The van der Waals surface area contributed by atoms with Crippen LogP contribution in [0.2, 0.25) is 0 Å². The van der Waals surface area contributed by atoms with Gasteiger partial charge in [0.2, 0.25) is 0 Å². The van der Waals surface area contributed by atoms with E-state index in [1.807, 2.05) is 0 Å². The van der Waals surface area contributed by atoms with Crippen LogP contribution in [0.5, 0.6) is 0 Å². The Morgan fingerprint density at radius 1 is 1.20 bits per heavy atom. The Kier molecular flexibility index (Phi) is 6.78. The summed E-state index contributed by atoms with van der Waals surface area (Å²) in [4.78, 5) is 17.6. The van der Waals surface area contributed by atoms with Crippen molar-refractivity contribution in [1.82, 2.24) is 20.2 Å². The van der Waals surface area contributed by atoms with E-state index >= 15 is 0 Å². The molecule has 0 saturated carbocycles. The molecule has 5 heteroatoms. The van der Waals surface area contributed by atoms with E-state index in [4.69, 9.17) is 0 Å². The predicted molar refractivity (Wildman–Crippen MR) is 104 cm³/mol. The molecule has 0 aliphatic carbocycles. The molecule has 5 nitrogen and oxygen atoms in total. The van der Waals surface area contributed by atoms with E-state index in [2.05, 4.69) is 68.0 Å². The van der Waals surface area contributed by atoms with Crippen molar-refractivity contribution < 1.29 is 4.79 Å². The van der Waals surface area contributed by atoms with Gasteiger partial charge in [-0.25, -0.2) is 5.01 Å². The molecule has 2 rings (SSSR count). The zero-order valence-electron chi connectivity index (χ0n) is 17.1. The minimum Gasteiger partial charge on any atom is -0.353 e. The molecular formula is C20H38N4O. The standard InChI is InChI=1S/C20H38N4O/c1-7-8-9-13-22-15-23(20(4,5)6)14-18(22)19(25)21-24-16(2)11-10-12-17(24)3/h14,16-17H,7-13,15H2,1-6H3,(H,21,25). The third-order valence-electron chi connectivity index (χ3n) is 5.49. The Morgan fingerprint density at radius 2 is 1.84 bits per heavy atom. The number of rotatable bonds is 6. The molecule has 0 bridgehead atoms. The summed E-state index contributed by atoms with van der Waals surface area (Å²) >= 11 is 0. The fourth-order valence-electron chi connectivity index (χ4n) is 3.70. The van der Waals surface area contributed by atoms with Crippen LogP contribution in [-0.2, 0) is 4.79 Å². The SMILES string of the molecule is CCCCCN1CN(C(C)(C)C)C=C1C(=O)NN1C(C)CCCC1C. The number of piperidine rings is 1. The molecule has 2 heterocycles. The predicted octanol–water partition coefficient (Wildman–Crippen LogP) is 3.69. The topological polar surface area (TPSA) is 38.8 Å². The number of nitrogens with zero attached hydrogens (tertiary/aromatic N) is 3. The van der Waals surface area contributed by atoms with Gasteiger partial charge >= 0.3 is 0 Å². The summed E-state index contributed by atoms with van der Waals surface area (Å²) in [5.41, 5.74) is 4.05. The molecule has 0 spiro atoms. The minimum absolute atomic E-state index is 0.0245. The maximum Gasteiger partial charge on any atom is 0.283 e. The number of amides is 1. The number of hydrogen-bond donors (Lipinski definition) is 1. The second-order valence-corrected chi connectivity index (χ2v) is 8.74. The Hall–Kier alpha value is -1.23. The van der Waals surface area contributed by atoms with E-state index in [0.717, 1.165) is 38.2 Å². The molecule has 0 aromatic heterocycles. The van der Waals surface area contributed by atoms with Gasteiger partial charge in [0.15, 0.2) is 0 Å². The summed E-state index contributed by atoms with van der Waals surface area (Å²) in [6, 6.07) is 0.809. The first kappa shape index (κ1) is 20.1. The Bertz CT molecular complexity index is 473. The molecule has 1 N–H and O–H groups in total. The van der Waals surface area contributed by atoms with Crippen molar-refractivity contribution >= 4 is 5.91 Å². The normalized spacial score (nSPS) is 25.3. The van der Waals surface area contributed by atoms with Gasteiger partial charge in [0.1, 0.15) is 5.70 Å². The average molecular weight is 351 g/mol. The maximum atomic E-state index is 13.0. The number of carbonyl (C=O) groups excluding carboxylic acids is 1. The van der Waals surface area contributed by atoms with E-state index in [9.17, 15) is 4.79 Å². The molecule has 1 amide bonds. The van der Waals surface area contributed by atoms with Crippen LogP contribution < -0.4 is 5.43 Å². The first-order valence-electron chi connectivity index (χ1n) is 10.1. The molecule has 2 unspecified atom stereocenters. The van der Waals surface area contributed by atoms with Gasteiger partial charge in [0.05, 0.1) is 6.67 Å². The smallest absolute Gasteiger partial charge is 0.283 e. The fourth-order valence-corrected chi connectivity index (χ4v) is 3.70. The second kappa shape index (κ2) is 8.43. The van der Waals surface area contributed by atoms with Gasteiger partial charge in [-0.3, -0.25) is 10.2 Å². The van der Waals surface area contributed by atoms with E-state index in [1.54, 1.807) is 0 Å².